The molecule has 2 amide bonds. The summed E-state index contributed by atoms with van der Waals surface area (Å²) in [5.74, 6) is 0.123. The van der Waals surface area contributed by atoms with Gasteiger partial charge in [0.1, 0.15) is 17.9 Å². The molecule has 3 aromatic carbocycles. The van der Waals surface area contributed by atoms with Gasteiger partial charge in [-0.3, -0.25) is 14.4 Å². The predicted octanol–water partition coefficient (Wildman–Crippen LogP) is 4.80. The minimum Gasteiger partial charge on any atom is -0.496 e. The van der Waals surface area contributed by atoms with Gasteiger partial charge >= 0.3 is 15.5 Å². The summed E-state index contributed by atoms with van der Waals surface area (Å²) in [6, 6.07) is 18.7. The van der Waals surface area contributed by atoms with E-state index in [1.807, 2.05) is 49.3 Å². The van der Waals surface area contributed by atoms with Crippen LogP contribution in [0.15, 0.2) is 66.7 Å². The Hall–Kier alpha value is -4.30. The van der Waals surface area contributed by atoms with Gasteiger partial charge in [-0.25, -0.2) is 13.1 Å². The van der Waals surface area contributed by atoms with E-state index in [1.165, 1.54) is 12.2 Å². The first-order valence-electron chi connectivity index (χ1n) is 22.2. The standard InChI is InChI=1S/C47H65F3N6O8S/c1-28-38-23-34(46(38,3)4)24-39(28)53-45(60)42-41(29(2)58)40(27-57)64-56(42)25-31-15-12-16-37(43(31)63-8)32-20-33(22-36(21-32)55(7)18-17-51-65(61,62)47(48,49)50)44(59)52-35(26-54(5)6)19-30-13-10-9-11-14-30/h9-16,20-22,28-29,34-35,38-42,51,57-58H,17-19,23-27H2,1-8H3,(H,52,59)(H,53,60)/t28-,29-,34+,35-,38-,39-,40-,41+,42-/m0/s1. The van der Waals surface area contributed by atoms with Crippen LogP contribution in [0.4, 0.5) is 18.9 Å². The number of halogens is 3. The molecule has 9 atom stereocenters. The van der Waals surface area contributed by atoms with Crippen molar-refractivity contribution in [3.05, 3.63) is 83.4 Å². The highest BCUT2D eigenvalue weighted by molar-refractivity contribution is 7.90. The van der Waals surface area contributed by atoms with Crippen LogP contribution in [0.1, 0.15) is 62.0 Å². The van der Waals surface area contributed by atoms with Crippen LogP contribution in [0.5, 0.6) is 5.75 Å². The van der Waals surface area contributed by atoms with Crippen LogP contribution in [0.2, 0.25) is 0 Å². The molecule has 358 valence electrons. The van der Waals surface area contributed by atoms with Crippen molar-refractivity contribution >= 4 is 27.5 Å². The lowest BCUT2D eigenvalue weighted by Gasteiger charge is -2.62. The molecule has 2 bridgehead atoms. The highest BCUT2D eigenvalue weighted by Crippen LogP contribution is 2.61. The second kappa shape index (κ2) is 20.3. The highest BCUT2D eigenvalue weighted by Gasteiger charge is 2.57. The molecule has 0 spiro atoms. The van der Waals surface area contributed by atoms with Gasteiger partial charge in [-0.05, 0) is 92.8 Å². The van der Waals surface area contributed by atoms with E-state index in [4.69, 9.17) is 9.57 Å². The molecular formula is C47H65F3N6O8S. The van der Waals surface area contributed by atoms with Gasteiger partial charge in [0.05, 0.1) is 26.4 Å². The van der Waals surface area contributed by atoms with Crippen molar-refractivity contribution in [3.63, 3.8) is 0 Å². The van der Waals surface area contributed by atoms with Crippen LogP contribution in [-0.2, 0) is 32.6 Å². The van der Waals surface area contributed by atoms with Crippen LogP contribution in [0.3, 0.4) is 0 Å². The first kappa shape index (κ1) is 50.1. The molecule has 0 aromatic heterocycles. The fraction of sp³-hybridized carbons (Fsp3) is 0.574. The minimum absolute atomic E-state index is 0.00527. The molecule has 1 saturated heterocycles. The average molecular weight is 931 g/mol. The maximum absolute atomic E-state index is 14.4. The van der Waals surface area contributed by atoms with E-state index in [9.17, 15) is 41.4 Å². The number of sulfonamides is 1. The monoisotopic (exact) mass is 930 g/mol. The number of aliphatic hydroxyl groups excluding tert-OH is 2. The largest absolute Gasteiger partial charge is 0.511 e. The number of alkyl halides is 3. The number of likely N-dealkylation sites (N-methyl/N-ethyl adjacent to an activating group) is 2. The maximum atomic E-state index is 14.4. The predicted molar refractivity (Wildman–Crippen MR) is 242 cm³/mol. The molecule has 3 saturated carbocycles. The summed E-state index contributed by atoms with van der Waals surface area (Å²) in [5.41, 5.74) is -2.00. The van der Waals surface area contributed by atoms with E-state index in [1.54, 1.807) is 60.0 Å². The molecule has 1 aliphatic heterocycles. The van der Waals surface area contributed by atoms with E-state index in [0.717, 1.165) is 18.4 Å². The molecule has 4 aliphatic rings. The molecule has 4 fully saturated rings. The number of fused-ring (bicyclic) bond motifs is 2. The van der Waals surface area contributed by atoms with Crippen LogP contribution >= 0.6 is 0 Å². The van der Waals surface area contributed by atoms with E-state index < -0.39 is 58.8 Å². The molecule has 3 aromatic rings. The van der Waals surface area contributed by atoms with E-state index in [0.29, 0.717) is 52.9 Å². The third kappa shape index (κ3) is 11.1. The number of benzene rings is 3. The number of carbonyl (C=O) groups is 2. The summed E-state index contributed by atoms with van der Waals surface area (Å²) < 4.78 is 70.6. The maximum Gasteiger partial charge on any atom is 0.511 e. The molecule has 65 heavy (non-hydrogen) atoms. The molecule has 14 nitrogen and oxygen atoms in total. The topological polar surface area (TPSA) is 173 Å². The van der Waals surface area contributed by atoms with Crippen LogP contribution in [0.25, 0.3) is 11.1 Å². The zero-order valence-electron chi connectivity index (χ0n) is 38.4. The number of para-hydroxylation sites is 1. The first-order chi connectivity index (χ1) is 30.6. The zero-order chi connectivity index (χ0) is 47.6. The number of amides is 2. The lowest BCUT2D eigenvalue weighted by molar-refractivity contribution is -0.183. The second-order valence-electron chi connectivity index (χ2n) is 18.9. The van der Waals surface area contributed by atoms with Crippen molar-refractivity contribution < 1.29 is 51.0 Å². The normalized spacial score (nSPS) is 25.1. The van der Waals surface area contributed by atoms with Crippen molar-refractivity contribution in [3.8, 4) is 16.9 Å². The Kier molecular flexibility index (Phi) is 15.6. The number of hydrogen-bond acceptors (Lipinski definition) is 11. The highest BCUT2D eigenvalue weighted by atomic mass is 32.2. The molecule has 3 aliphatic carbocycles. The Labute approximate surface area is 380 Å². The van der Waals surface area contributed by atoms with Gasteiger partial charge in [0, 0.05) is 67.1 Å². The second-order valence-corrected chi connectivity index (χ2v) is 20.6. The Morgan fingerprint density at radius 1 is 1.05 bits per heavy atom. The number of methoxy groups -OCH3 is 1. The van der Waals surface area contributed by atoms with Crippen LogP contribution < -0.4 is 25.0 Å². The number of rotatable bonds is 19. The fourth-order valence-electron chi connectivity index (χ4n) is 10.3. The number of nitrogens with one attached hydrogen (secondary N) is 3. The van der Waals surface area contributed by atoms with E-state index in [2.05, 4.69) is 31.4 Å². The molecule has 7 rings (SSSR count). The van der Waals surface area contributed by atoms with E-state index in [-0.39, 0.29) is 48.0 Å². The lowest BCUT2D eigenvalue weighted by atomic mass is 9.45. The number of hydroxylamine groups is 2. The first-order valence-corrected chi connectivity index (χ1v) is 23.6. The van der Waals surface area contributed by atoms with Crippen LogP contribution in [-0.4, -0.2) is 131 Å². The summed E-state index contributed by atoms with van der Waals surface area (Å²) in [6.07, 6.45) is 0.649. The quantitative estimate of drug-likeness (QED) is 0.112. The van der Waals surface area contributed by atoms with Gasteiger partial charge in [0.25, 0.3) is 5.91 Å². The third-order valence-corrected chi connectivity index (χ3v) is 15.1. The molecule has 0 unspecified atom stereocenters. The Morgan fingerprint density at radius 3 is 2.35 bits per heavy atom. The van der Waals surface area contributed by atoms with Crippen molar-refractivity contribution in [2.45, 2.75) is 89.3 Å². The van der Waals surface area contributed by atoms with Gasteiger partial charge in [0.15, 0.2) is 0 Å². The van der Waals surface area contributed by atoms with Crippen molar-refractivity contribution in [1.29, 1.82) is 0 Å². The SMILES string of the molecule is COc1c(CN2O[C@@H](CO)[C@@H]([C@H](C)O)[C@H]2C(=O)N[C@H]2C[C@H]3C[C@@H]([C@@H]2C)C3(C)C)cccc1-c1cc(C(=O)N[C@@H](Cc2ccccc2)CN(C)C)cc(N(C)CCNS(=O)(=O)C(F)(F)F)c1. The van der Waals surface area contributed by atoms with Gasteiger partial charge in [0.2, 0.25) is 5.91 Å². The Balaban J connectivity index is 1.33. The summed E-state index contributed by atoms with van der Waals surface area (Å²) in [6.45, 7) is 7.67. The van der Waals surface area contributed by atoms with Crippen molar-refractivity contribution in [1.82, 2.24) is 25.3 Å². The molecule has 1 heterocycles. The summed E-state index contributed by atoms with van der Waals surface area (Å²) in [5, 5.41) is 29.4. The summed E-state index contributed by atoms with van der Waals surface area (Å²) in [7, 11) is 1.27. The number of anilines is 1. The molecule has 18 heteroatoms. The number of hydrogen-bond donors (Lipinski definition) is 5. The minimum atomic E-state index is -5.59. The summed E-state index contributed by atoms with van der Waals surface area (Å²) in [4.78, 5) is 38.4. The number of nitrogens with zero attached hydrogens (tertiary/aromatic N) is 3. The van der Waals surface area contributed by atoms with Crippen molar-refractivity contribution in [2.75, 3.05) is 59.4 Å². The number of carbonyl (C=O) groups excluding carboxylic acids is 2. The molecular weight excluding hydrogens is 866 g/mol. The van der Waals surface area contributed by atoms with Gasteiger partial charge in [-0.15, -0.1) is 0 Å². The fourth-order valence-corrected chi connectivity index (χ4v) is 10.8. The molecule has 0 radical (unpaired) electrons. The Morgan fingerprint density at radius 2 is 1.75 bits per heavy atom. The van der Waals surface area contributed by atoms with E-state index >= 15 is 0 Å². The smallest absolute Gasteiger partial charge is 0.496 e. The van der Waals surface area contributed by atoms with Gasteiger partial charge < -0.3 is 35.4 Å². The average Bonchev–Trinajstić information content (AvgIpc) is 3.62. The summed E-state index contributed by atoms with van der Waals surface area (Å²) >= 11 is 0. The molecule has 5 N–H and O–H groups in total. The zero-order valence-corrected chi connectivity index (χ0v) is 39.2. The Bertz CT molecular complexity index is 2250. The third-order valence-electron chi connectivity index (χ3n) is 13.9. The van der Waals surface area contributed by atoms with Crippen molar-refractivity contribution in [2.24, 2.45) is 29.1 Å². The lowest BCUT2D eigenvalue weighted by Crippen LogP contribution is -2.62. The number of aliphatic hydroxyl groups is 2. The van der Waals surface area contributed by atoms with Crippen LogP contribution in [0, 0.1) is 29.1 Å². The van der Waals surface area contributed by atoms with Gasteiger partial charge in [-0.2, -0.15) is 18.2 Å². The number of ether oxygens (including phenoxy) is 1. The van der Waals surface area contributed by atoms with Gasteiger partial charge in [-0.1, -0.05) is 69.3 Å².